The van der Waals surface area contributed by atoms with Crippen LogP contribution in [0.2, 0.25) is 5.02 Å². The smallest absolute Gasteiger partial charge is 0.378 e. The van der Waals surface area contributed by atoms with Crippen molar-refractivity contribution in [1.29, 1.82) is 0 Å². The number of esters is 2. The molecular formula is C13H11ClO8. The van der Waals surface area contributed by atoms with Gasteiger partial charge in [-0.1, -0.05) is 17.7 Å². The summed E-state index contributed by atoms with van der Waals surface area (Å²) in [7, 11) is 0. The number of halogens is 1. The fourth-order valence-corrected chi connectivity index (χ4v) is 1.95. The largest absolute Gasteiger partial charge is 0.505 e. The molecule has 2 rings (SSSR count). The molecule has 9 heteroatoms. The molecule has 0 aromatic heterocycles. The Kier molecular flexibility index (Phi) is 4.27. The van der Waals surface area contributed by atoms with Crippen molar-refractivity contribution in [2.75, 3.05) is 6.61 Å². The first-order valence-corrected chi connectivity index (χ1v) is 6.31. The number of carbonyl (C=O) groups is 2. The molecule has 0 aliphatic carbocycles. The van der Waals surface area contributed by atoms with E-state index >= 15 is 0 Å². The molecule has 1 aliphatic rings. The van der Waals surface area contributed by atoms with Crippen LogP contribution < -0.4 is 0 Å². The molecule has 0 radical (unpaired) electrons. The van der Waals surface area contributed by atoms with E-state index < -0.39 is 42.0 Å². The van der Waals surface area contributed by atoms with Crippen molar-refractivity contribution in [2.45, 2.75) is 11.9 Å². The first-order chi connectivity index (χ1) is 10.3. The Hall–Kier alpha value is -2.29. The Bertz CT molecular complexity index is 655. The van der Waals surface area contributed by atoms with Gasteiger partial charge in [0.05, 0.1) is 5.56 Å². The van der Waals surface area contributed by atoms with Crippen LogP contribution in [0.15, 0.2) is 35.8 Å². The van der Waals surface area contributed by atoms with E-state index in [0.717, 1.165) is 0 Å². The highest BCUT2D eigenvalue weighted by Gasteiger charge is 2.52. The molecular weight excluding hydrogens is 320 g/mol. The molecule has 1 aliphatic heterocycles. The Morgan fingerprint density at radius 3 is 2.59 bits per heavy atom. The van der Waals surface area contributed by atoms with Gasteiger partial charge >= 0.3 is 11.9 Å². The Balaban J connectivity index is 2.25. The molecule has 2 atom stereocenters. The molecule has 0 fully saturated rings. The summed E-state index contributed by atoms with van der Waals surface area (Å²) in [6, 6.07) is 5.53. The Morgan fingerprint density at radius 2 is 2.09 bits per heavy atom. The van der Waals surface area contributed by atoms with Gasteiger partial charge in [-0.2, -0.15) is 0 Å². The van der Waals surface area contributed by atoms with E-state index in [1.807, 2.05) is 0 Å². The molecule has 1 aromatic rings. The van der Waals surface area contributed by atoms with Gasteiger partial charge in [-0.25, -0.2) is 9.59 Å². The molecule has 1 aromatic carbocycles. The Labute approximate surface area is 128 Å². The van der Waals surface area contributed by atoms with E-state index in [1.54, 1.807) is 0 Å². The molecule has 0 spiro atoms. The summed E-state index contributed by atoms with van der Waals surface area (Å²) in [5, 5.41) is 38.3. The predicted octanol–water partition coefficient (Wildman–Crippen LogP) is 0.431. The van der Waals surface area contributed by atoms with E-state index in [9.17, 15) is 30.0 Å². The monoisotopic (exact) mass is 330 g/mol. The lowest BCUT2D eigenvalue weighted by Crippen LogP contribution is -2.50. The van der Waals surface area contributed by atoms with E-state index in [4.69, 9.17) is 16.3 Å². The zero-order chi connectivity index (χ0) is 16.5. The molecule has 22 heavy (non-hydrogen) atoms. The minimum atomic E-state index is -2.77. The molecule has 0 unspecified atom stereocenters. The summed E-state index contributed by atoms with van der Waals surface area (Å²) in [6.07, 6.45) is -1.95. The van der Waals surface area contributed by atoms with Gasteiger partial charge in [0.25, 0.3) is 5.79 Å². The summed E-state index contributed by atoms with van der Waals surface area (Å²) < 4.78 is 9.18. The van der Waals surface area contributed by atoms with Crippen LogP contribution in [-0.4, -0.2) is 50.9 Å². The van der Waals surface area contributed by atoms with Crippen molar-refractivity contribution in [3.63, 3.8) is 0 Å². The minimum absolute atomic E-state index is 0.0450. The number of cyclic esters (lactones) is 1. The topological polar surface area (TPSA) is 134 Å². The molecule has 0 saturated carbocycles. The highest BCUT2D eigenvalue weighted by molar-refractivity contribution is 6.30. The second-order valence-corrected chi connectivity index (χ2v) is 4.86. The van der Waals surface area contributed by atoms with Crippen LogP contribution in [-0.2, 0) is 14.3 Å². The maximum atomic E-state index is 11.9. The van der Waals surface area contributed by atoms with Gasteiger partial charge in [-0.3, -0.25) is 0 Å². The number of aliphatic hydroxyl groups excluding tert-OH is 3. The zero-order valence-corrected chi connectivity index (χ0v) is 11.6. The highest BCUT2D eigenvalue weighted by atomic mass is 35.5. The summed E-state index contributed by atoms with van der Waals surface area (Å²) in [5.41, 5.74) is -0.0450. The van der Waals surface area contributed by atoms with Crippen LogP contribution in [0, 0.1) is 0 Å². The van der Waals surface area contributed by atoms with Crippen molar-refractivity contribution < 1.29 is 39.5 Å². The van der Waals surface area contributed by atoms with Crippen LogP contribution in [0.1, 0.15) is 10.4 Å². The van der Waals surface area contributed by atoms with E-state index in [-0.39, 0.29) is 10.6 Å². The summed E-state index contributed by atoms with van der Waals surface area (Å²) in [6.45, 7) is -1.20. The highest BCUT2D eigenvalue weighted by Crippen LogP contribution is 2.29. The van der Waals surface area contributed by atoms with E-state index in [0.29, 0.717) is 0 Å². The fraction of sp³-hybridized carbons (Fsp3) is 0.231. The zero-order valence-electron chi connectivity index (χ0n) is 10.9. The van der Waals surface area contributed by atoms with E-state index in [1.165, 1.54) is 24.3 Å². The van der Waals surface area contributed by atoms with Crippen molar-refractivity contribution in [3.05, 3.63) is 46.4 Å². The SMILES string of the molecule is O=C1O[C@H]([C@@](O)(CO)OC(=O)c2cccc(Cl)c2)C(O)=C1O. The molecule has 0 bridgehead atoms. The van der Waals surface area contributed by atoms with Crippen molar-refractivity contribution in [3.8, 4) is 0 Å². The number of aliphatic hydroxyl groups is 4. The van der Waals surface area contributed by atoms with Crippen LogP contribution >= 0.6 is 11.6 Å². The number of benzene rings is 1. The van der Waals surface area contributed by atoms with Gasteiger partial charge in [0.15, 0.2) is 5.76 Å². The van der Waals surface area contributed by atoms with E-state index in [2.05, 4.69) is 4.74 Å². The lowest BCUT2D eigenvalue weighted by molar-refractivity contribution is -0.241. The number of rotatable bonds is 4. The van der Waals surface area contributed by atoms with Crippen LogP contribution in [0.25, 0.3) is 0 Å². The summed E-state index contributed by atoms with van der Waals surface area (Å²) in [4.78, 5) is 23.1. The molecule has 0 saturated heterocycles. The second-order valence-electron chi connectivity index (χ2n) is 4.42. The number of hydrogen-bond donors (Lipinski definition) is 4. The van der Waals surface area contributed by atoms with Crippen molar-refractivity contribution in [2.24, 2.45) is 0 Å². The predicted molar refractivity (Wildman–Crippen MR) is 71.1 cm³/mol. The van der Waals surface area contributed by atoms with Gasteiger partial charge in [-0.15, -0.1) is 0 Å². The first kappa shape index (κ1) is 16.1. The minimum Gasteiger partial charge on any atom is -0.505 e. The Morgan fingerprint density at radius 1 is 1.41 bits per heavy atom. The standard InChI is InChI=1S/C13H11ClO8/c14-7-3-1-2-6(4-7)11(18)22-13(20,5-15)10-8(16)9(17)12(19)21-10/h1-4,10,15-17,20H,5H2/t10-,13+/m0/s1. The average molecular weight is 331 g/mol. The third kappa shape index (κ3) is 2.84. The number of carbonyl (C=O) groups excluding carboxylic acids is 2. The maximum absolute atomic E-state index is 11.9. The van der Waals surface area contributed by atoms with Gasteiger partial charge < -0.3 is 29.9 Å². The fourth-order valence-electron chi connectivity index (χ4n) is 1.76. The third-order valence-electron chi connectivity index (χ3n) is 2.88. The molecule has 0 amide bonds. The molecule has 8 nitrogen and oxygen atoms in total. The first-order valence-electron chi connectivity index (χ1n) is 5.93. The van der Waals surface area contributed by atoms with Gasteiger partial charge in [-0.05, 0) is 18.2 Å². The van der Waals surface area contributed by atoms with Gasteiger partial charge in [0.1, 0.15) is 6.61 Å². The second kappa shape index (κ2) is 5.84. The van der Waals surface area contributed by atoms with Crippen LogP contribution in [0.5, 0.6) is 0 Å². The van der Waals surface area contributed by atoms with Crippen LogP contribution in [0.3, 0.4) is 0 Å². The van der Waals surface area contributed by atoms with Gasteiger partial charge in [0.2, 0.25) is 11.9 Å². The van der Waals surface area contributed by atoms with Crippen LogP contribution in [0.4, 0.5) is 0 Å². The molecule has 1 heterocycles. The average Bonchev–Trinajstić information content (AvgIpc) is 2.75. The lowest BCUT2D eigenvalue weighted by atomic mass is 10.1. The van der Waals surface area contributed by atoms with Crippen molar-refractivity contribution >= 4 is 23.5 Å². The molecule has 4 N–H and O–H groups in total. The van der Waals surface area contributed by atoms with Crippen molar-refractivity contribution in [1.82, 2.24) is 0 Å². The summed E-state index contributed by atoms with van der Waals surface area (Å²) >= 11 is 5.71. The quantitative estimate of drug-likeness (QED) is 0.461. The maximum Gasteiger partial charge on any atom is 0.378 e. The summed E-state index contributed by atoms with van der Waals surface area (Å²) in [5.74, 6) is -7.39. The normalized spacial score (nSPS) is 20.5. The lowest BCUT2D eigenvalue weighted by Gasteiger charge is -2.29. The van der Waals surface area contributed by atoms with Gasteiger partial charge in [0, 0.05) is 5.02 Å². The molecule has 118 valence electrons. The number of hydrogen-bond acceptors (Lipinski definition) is 8. The third-order valence-corrected chi connectivity index (χ3v) is 3.11. The number of ether oxygens (including phenoxy) is 2.